The molecule has 0 unspecified atom stereocenters. The zero-order valence-electron chi connectivity index (χ0n) is 9.85. The maximum absolute atomic E-state index is 5.22. The summed E-state index contributed by atoms with van der Waals surface area (Å²) >= 11 is 0. The highest BCUT2D eigenvalue weighted by Crippen LogP contribution is 2.21. The molecule has 0 aliphatic carbocycles. The van der Waals surface area contributed by atoms with Gasteiger partial charge in [-0.05, 0) is 20.9 Å². The van der Waals surface area contributed by atoms with E-state index in [1.807, 2.05) is 34.1 Å². The Balaban J connectivity index is 2.33. The van der Waals surface area contributed by atoms with Crippen LogP contribution in [0.15, 0.2) is 16.9 Å². The van der Waals surface area contributed by atoms with Gasteiger partial charge in [-0.2, -0.15) is 10.1 Å². The molecular weight excluding hydrogens is 206 g/mol. The molecule has 6 nitrogen and oxygen atoms in total. The second-order valence-electron chi connectivity index (χ2n) is 4.20. The Morgan fingerprint density at radius 2 is 2.19 bits per heavy atom. The summed E-state index contributed by atoms with van der Waals surface area (Å²) < 4.78 is 6.93. The summed E-state index contributed by atoms with van der Waals surface area (Å²) in [5.41, 5.74) is 0.525. The molecule has 0 aromatic carbocycles. The van der Waals surface area contributed by atoms with Gasteiger partial charge >= 0.3 is 0 Å². The van der Waals surface area contributed by atoms with E-state index < -0.39 is 0 Å². The van der Waals surface area contributed by atoms with Crippen LogP contribution in [0.1, 0.15) is 19.7 Å². The topological polar surface area (TPSA) is 68.8 Å². The number of hydrogen-bond donors (Lipinski definition) is 1. The molecule has 0 atom stereocenters. The number of hydrogen-bond acceptors (Lipinski definition) is 5. The van der Waals surface area contributed by atoms with Gasteiger partial charge in [0.25, 0.3) is 0 Å². The smallest absolute Gasteiger partial charge is 0.246 e. The second-order valence-corrected chi connectivity index (χ2v) is 4.20. The lowest BCUT2D eigenvalue weighted by atomic mass is 10.1. The molecule has 0 saturated carbocycles. The third-order valence-electron chi connectivity index (χ3n) is 2.55. The van der Waals surface area contributed by atoms with Crippen molar-refractivity contribution in [2.45, 2.75) is 19.4 Å². The van der Waals surface area contributed by atoms with Crippen molar-refractivity contribution in [3.63, 3.8) is 0 Å². The predicted molar refractivity (Wildman–Crippen MR) is 58.6 cm³/mol. The van der Waals surface area contributed by atoms with Gasteiger partial charge in [0.1, 0.15) is 0 Å². The van der Waals surface area contributed by atoms with Gasteiger partial charge in [0.15, 0.2) is 0 Å². The first kappa shape index (κ1) is 10.8. The monoisotopic (exact) mass is 221 g/mol. The van der Waals surface area contributed by atoms with E-state index >= 15 is 0 Å². The molecule has 0 fully saturated rings. The Morgan fingerprint density at radius 3 is 2.75 bits per heavy atom. The molecule has 2 heterocycles. The molecule has 0 bridgehead atoms. The van der Waals surface area contributed by atoms with E-state index in [1.165, 1.54) is 0 Å². The lowest BCUT2D eigenvalue weighted by Gasteiger charge is -2.17. The molecule has 0 spiro atoms. The van der Waals surface area contributed by atoms with Crippen LogP contribution >= 0.6 is 0 Å². The minimum Gasteiger partial charge on any atom is -0.337 e. The van der Waals surface area contributed by atoms with Crippen molar-refractivity contribution >= 4 is 0 Å². The van der Waals surface area contributed by atoms with Crippen LogP contribution in [-0.4, -0.2) is 27.0 Å². The van der Waals surface area contributed by atoms with Crippen LogP contribution in [0.3, 0.4) is 0 Å². The van der Waals surface area contributed by atoms with Crippen molar-refractivity contribution in [2.24, 2.45) is 7.05 Å². The Kier molecular flexibility index (Phi) is 2.51. The van der Waals surface area contributed by atoms with Crippen molar-refractivity contribution in [1.82, 2.24) is 25.2 Å². The Morgan fingerprint density at radius 1 is 1.44 bits per heavy atom. The molecule has 6 heteroatoms. The third-order valence-corrected chi connectivity index (χ3v) is 2.55. The highest BCUT2D eigenvalue weighted by atomic mass is 16.5. The van der Waals surface area contributed by atoms with E-state index in [1.54, 1.807) is 10.9 Å². The van der Waals surface area contributed by atoms with Crippen molar-refractivity contribution < 1.29 is 4.52 Å². The maximum Gasteiger partial charge on any atom is 0.246 e. The van der Waals surface area contributed by atoms with E-state index in [0.29, 0.717) is 11.7 Å². The molecule has 0 aliphatic heterocycles. The normalized spacial score (nSPS) is 12.0. The molecule has 0 amide bonds. The van der Waals surface area contributed by atoms with E-state index in [0.717, 1.165) is 5.56 Å². The highest BCUT2D eigenvalue weighted by molar-refractivity contribution is 5.51. The van der Waals surface area contributed by atoms with E-state index in [2.05, 4.69) is 20.6 Å². The first-order valence-electron chi connectivity index (χ1n) is 5.05. The molecular formula is C10H15N5O. The largest absolute Gasteiger partial charge is 0.337 e. The maximum atomic E-state index is 5.22. The quantitative estimate of drug-likeness (QED) is 0.834. The Labute approximate surface area is 93.7 Å². The van der Waals surface area contributed by atoms with Gasteiger partial charge in [-0.25, -0.2) is 0 Å². The van der Waals surface area contributed by atoms with Crippen LogP contribution in [0.4, 0.5) is 0 Å². The average Bonchev–Trinajstić information content (AvgIpc) is 2.85. The number of aryl methyl sites for hydroxylation is 1. The van der Waals surface area contributed by atoms with Gasteiger partial charge in [0, 0.05) is 13.2 Å². The summed E-state index contributed by atoms with van der Waals surface area (Å²) in [6, 6.07) is 0. The zero-order chi connectivity index (χ0) is 11.8. The lowest BCUT2D eigenvalue weighted by Crippen LogP contribution is -2.33. The summed E-state index contributed by atoms with van der Waals surface area (Å²) in [4.78, 5) is 4.34. The van der Waals surface area contributed by atoms with Crippen LogP contribution in [0, 0.1) is 0 Å². The van der Waals surface area contributed by atoms with Crippen LogP contribution in [-0.2, 0) is 12.6 Å². The minimum absolute atomic E-state index is 0.326. The molecule has 0 aliphatic rings. The molecule has 16 heavy (non-hydrogen) atoms. The third kappa shape index (κ3) is 1.83. The number of nitrogens with one attached hydrogen (secondary N) is 1. The Bertz CT molecular complexity index is 485. The van der Waals surface area contributed by atoms with Crippen LogP contribution < -0.4 is 5.32 Å². The zero-order valence-corrected chi connectivity index (χ0v) is 9.85. The highest BCUT2D eigenvalue weighted by Gasteiger charge is 2.25. The molecule has 2 aromatic heterocycles. The fourth-order valence-corrected chi connectivity index (χ4v) is 1.24. The van der Waals surface area contributed by atoms with Gasteiger partial charge in [-0.1, -0.05) is 5.16 Å². The molecule has 1 N–H and O–H groups in total. The van der Waals surface area contributed by atoms with Gasteiger partial charge in [0.2, 0.25) is 11.7 Å². The summed E-state index contributed by atoms with van der Waals surface area (Å²) in [5.74, 6) is 1.13. The van der Waals surface area contributed by atoms with E-state index in [-0.39, 0.29) is 5.54 Å². The van der Waals surface area contributed by atoms with Crippen molar-refractivity contribution in [1.29, 1.82) is 0 Å². The first-order valence-corrected chi connectivity index (χ1v) is 5.05. The Hall–Kier alpha value is -1.69. The summed E-state index contributed by atoms with van der Waals surface area (Å²) in [7, 11) is 3.70. The van der Waals surface area contributed by atoms with E-state index in [4.69, 9.17) is 4.52 Å². The fraction of sp³-hybridized carbons (Fsp3) is 0.500. The summed E-state index contributed by atoms with van der Waals surface area (Å²) in [6.07, 6.45) is 3.56. The molecule has 0 radical (unpaired) electrons. The number of nitrogens with zero attached hydrogens (tertiary/aromatic N) is 4. The van der Waals surface area contributed by atoms with Gasteiger partial charge in [-0.15, -0.1) is 0 Å². The van der Waals surface area contributed by atoms with Crippen LogP contribution in [0.25, 0.3) is 11.4 Å². The van der Waals surface area contributed by atoms with Crippen LogP contribution in [0.5, 0.6) is 0 Å². The predicted octanol–water partition coefficient (Wildman–Crippen LogP) is 0.925. The second kappa shape index (κ2) is 3.71. The summed E-state index contributed by atoms with van der Waals surface area (Å²) in [5, 5.41) is 11.1. The summed E-state index contributed by atoms with van der Waals surface area (Å²) in [6.45, 7) is 3.96. The minimum atomic E-state index is -0.326. The standard InChI is InChI=1S/C10H15N5O/c1-10(2,11-3)9-13-8(14-16-9)7-5-12-15(4)6-7/h5-6,11H,1-4H3. The molecule has 2 rings (SSSR count). The number of rotatable bonds is 3. The molecule has 0 saturated heterocycles. The lowest BCUT2D eigenvalue weighted by molar-refractivity contribution is 0.281. The fourth-order valence-electron chi connectivity index (χ4n) is 1.24. The van der Waals surface area contributed by atoms with Crippen molar-refractivity contribution in [3.05, 3.63) is 18.3 Å². The number of aromatic nitrogens is 4. The first-order chi connectivity index (χ1) is 7.53. The SMILES string of the molecule is CNC(C)(C)c1nc(-c2cnn(C)c2)no1. The van der Waals surface area contributed by atoms with Gasteiger partial charge in [-0.3, -0.25) is 4.68 Å². The molecule has 86 valence electrons. The van der Waals surface area contributed by atoms with Gasteiger partial charge < -0.3 is 9.84 Å². The van der Waals surface area contributed by atoms with Crippen LogP contribution in [0.2, 0.25) is 0 Å². The average molecular weight is 221 g/mol. The van der Waals surface area contributed by atoms with Crippen molar-refractivity contribution in [2.75, 3.05) is 7.05 Å². The van der Waals surface area contributed by atoms with Crippen molar-refractivity contribution in [3.8, 4) is 11.4 Å². The van der Waals surface area contributed by atoms with Gasteiger partial charge in [0.05, 0.1) is 17.3 Å². The van der Waals surface area contributed by atoms with E-state index in [9.17, 15) is 0 Å². The molecule has 2 aromatic rings.